The molecule has 5 heterocycles. The van der Waals surface area contributed by atoms with Gasteiger partial charge in [-0.2, -0.15) is 0 Å². The zero-order valence-corrected chi connectivity index (χ0v) is 26.2. The molecule has 3 fully saturated rings. The van der Waals surface area contributed by atoms with Crippen LogP contribution in [-0.4, -0.2) is 120 Å². The Labute approximate surface area is 272 Å². The minimum atomic E-state index is -0.958. The Morgan fingerprint density at radius 2 is 1.70 bits per heavy atom. The van der Waals surface area contributed by atoms with Gasteiger partial charge in [-0.25, -0.2) is 14.6 Å². The van der Waals surface area contributed by atoms with Crippen LogP contribution in [0.2, 0.25) is 0 Å². The number of fused-ring (bicyclic) bond motifs is 1. The molecule has 12 heteroatoms. The number of nitrogens with zero attached hydrogens (tertiary/aromatic N) is 5. The summed E-state index contributed by atoms with van der Waals surface area (Å²) in [7, 11) is 0. The zero-order chi connectivity index (χ0) is 31.3. The molecule has 4 aliphatic heterocycles. The molecule has 0 spiro atoms. The molecule has 46 heavy (non-hydrogen) atoms. The molecule has 2 aromatic rings. The van der Waals surface area contributed by atoms with Crippen molar-refractivity contribution in [1.29, 1.82) is 0 Å². The number of nitrogens with one attached hydrogen (secondary N) is 2. The van der Waals surface area contributed by atoms with E-state index in [1.165, 1.54) is 0 Å². The van der Waals surface area contributed by atoms with Crippen molar-refractivity contribution in [2.24, 2.45) is 0 Å². The molecule has 1 aromatic carbocycles. The first-order valence-electron chi connectivity index (χ1n) is 16.4. The number of amides is 4. The fourth-order valence-corrected chi connectivity index (χ4v) is 7.13. The normalized spacial score (nSPS) is 20.6. The number of benzene rings is 1. The lowest BCUT2D eigenvalue weighted by molar-refractivity contribution is -0.143. The zero-order valence-electron chi connectivity index (χ0n) is 26.2. The molecule has 0 bridgehead atoms. The maximum atomic E-state index is 13.9. The van der Waals surface area contributed by atoms with Crippen LogP contribution in [0.15, 0.2) is 36.5 Å². The van der Waals surface area contributed by atoms with Crippen molar-refractivity contribution >= 4 is 29.5 Å². The summed E-state index contributed by atoms with van der Waals surface area (Å²) >= 11 is 0. The number of hydrogen-bond donors (Lipinski definition) is 3. The first-order chi connectivity index (χ1) is 21.9. The number of nitrogens with two attached hydrogens (primary N) is 1. The number of carbonyl (C=O) groups is 3. The highest BCUT2D eigenvalue weighted by Gasteiger charge is 2.36. The van der Waals surface area contributed by atoms with Crippen molar-refractivity contribution in [2.75, 3.05) is 70.0 Å². The number of urea groups is 1. The minimum absolute atomic E-state index is 0. The Hall–Kier alpha value is -3.90. The fraction of sp³-hybridized carbons (Fsp3) is 0.588. The van der Waals surface area contributed by atoms with Gasteiger partial charge in [0.05, 0.1) is 0 Å². The molecular formula is C34H50N8O4. The predicted octanol–water partition coefficient (Wildman–Crippen LogP) is 3.11. The largest absolute Gasteiger partial charge is 0.436 e. The molecule has 4 N–H and O–H groups in total. The van der Waals surface area contributed by atoms with E-state index in [2.05, 4.69) is 20.5 Å². The van der Waals surface area contributed by atoms with Gasteiger partial charge in [0.1, 0.15) is 5.82 Å². The number of ether oxygens (including phenoxy) is 1. The standard InChI is InChI=1S/C33H46N8O4.CH4/c1-23-20-24(22-36-30(23)34)21-29(31(42)39-18-16-38(17-19-39)26-6-11-35-12-7-26)45-33(44)40-13-9-27(10-14-40)41-15-8-25-4-2-3-5-28(25)37-32(41)43;/h2-5,20,22,26-27,29,35H,6-19,21H2,1H3,(H2,34,36)(H,37,43);1H4/t29-;/m1./s1. The summed E-state index contributed by atoms with van der Waals surface area (Å²) in [5.41, 5.74) is 9.55. The van der Waals surface area contributed by atoms with E-state index in [9.17, 15) is 14.4 Å². The summed E-state index contributed by atoms with van der Waals surface area (Å²) in [6.07, 6.45) is 4.78. The van der Waals surface area contributed by atoms with Gasteiger partial charge in [-0.1, -0.05) is 31.7 Å². The van der Waals surface area contributed by atoms with Crippen LogP contribution in [0.5, 0.6) is 0 Å². The average Bonchev–Trinajstić information content (AvgIpc) is 3.24. The molecule has 3 saturated heterocycles. The van der Waals surface area contributed by atoms with Crippen LogP contribution in [-0.2, 0) is 22.4 Å². The molecule has 12 nitrogen and oxygen atoms in total. The Kier molecular flexibility index (Phi) is 11.0. The van der Waals surface area contributed by atoms with Gasteiger partial charge in [0.2, 0.25) is 0 Å². The predicted molar refractivity (Wildman–Crippen MR) is 179 cm³/mol. The summed E-state index contributed by atoms with van der Waals surface area (Å²) in [5.74, 6) is 0.274. The fourth-order valence-electron chi connectivity index (χ4n) is 7.13. The number of likely N-dealkylation sites (tertiary alicyclic amines) is 1. The number of pyridine rings is 1. The molecule has 0 aliphatic carbocycles. The SMILES string of the molecule is C.Cc1cc(C[C@@H](OC(=O)N2CCC(N3CCc4ccccc4NC3=O)CC2)C(=O)N2CCN(C3CCNCC3)CC2)cnc1N. The highest BCUT2D eigenvalue weighted by Crippen LogP contribution is 2.25. The summed E-state index contributed by atoms with van der Waals surface area (Å²) in [6, 6.07) is 10.3. The maximum Gasteiger partial charge on any atom is 0.410 e. The maximum absolute atomic E-state index is 13.9. The van der Waals surface area contributed by atoms with Gasteiger partial charge in [0.15, 0.2) is 6.10 Å². The highest BCUT2D eigenvalue weighted by molar-refractivity contribution is 5.91. The van der Waals surface area contributed by atoms with Crippen LogP contribution in [0.25, 0.3) is 0 Å². The first-order valence-corrected chi connectivity index (χ1v) is 16.4. The molecule has 0 radical (unpaired) electrons. The summed E-state index contributed by atoms with van der Waals surface area (Å²) in [4.78, 5) is 52.6. The Morgan fingerprint density at radius 1 is 0.978 bits per heavy atom. The third kappa shape index (κ3) is 7.72. The van der Waals surface area contributed by atoms with Crippen LogP contribution in [0.4, 0.5) is 21.1 Å². The summed E-state index contributed by atoms with van der Waals surface area (Å²) in [5, 5.41) is 6.47. The first kappa shape index (κ1) is 33.5. The van der Waals surface area contributed by atoms with E-state index in [0.29, 0.717) is 57.4 Å². The molecule has 4 amide bonds. The summed E-state index contributed by atoms with van der Waals surface area (Å²) < 4.78 is 6.01. The Balaban J connectivity index is 0.00000417. The lowest BCUT2D eigenvalue weighted by Crippen LogP contribution is -2.56. The number of hydrogen-bond acceptors (Lipinski definition) is 8. The van der Waals surface area contributed by atoms with Gasteiger partial charge in [0, 0.05) is 76.2 Å². The van der Waals surface area contributed by atoms with Crippen molar-refractivity contribution in [3.8, 4) is 0 Å². The van der Waals surface area contributed by atoms with E-state index in [0.717, 1.165) is 67.8 Å². The Morgan fingerprint density at radius 3 is 2.41 bits per heavy atom. The number of carbonyl (C=O) groups excluding carboxylic acids is 3. The topological polar surface area (TPSA) is 136 Å². The van der Waals surface area contributed by atoms with Crippen LogP contribution in [0.3, 0.4) is 0 Å². The number of rotatable bonds is 6. The van der Waals surface area contributed by atoms with E-state index >= 15 is 0 Å². The number of piperazine rings is 1. The van der Waals surface area contributed by atoms with Crippen LogP contribution in [0, 0.1) is 6.92 Å². The minimum Gasteiger partial charge on any atom is -0.436 e. The molecule has 250 valence electrons. The average molecular weight is 635 g/mol. The molecule has 4 aliphatic rings. The van der Waals surface area contributed by atoms with E-state index in [1.54, 1.807) is 11.1 Å². The number of aryl methyl sites for hydroxylation is 1. The summed E-state index contributed by atoms with van der Waals surface area (Å²) in [6.45, 7) is 8.37. The number of anilines is 2. The van der Waals surface area contributed by atoms with Crippen molar-refractivity contribution in [1.82, 2.24) is 29.9 Å². The van der Waals surface area contributed by atoms with Crippen molar-refractivity contribution in [2.45, 2.75) is 71.1 Å². The van der Waals surface area contributed by atoms with Crippen LogP contribution >= 0.6 is 0 Å². The molecule has 0 saturated carbocycles. The second kappa shape index (κ2) is 15.1. The molecule has 0 unspecified atom stereocenters. The van der Waals surface area contributed by atoms with Gasteiger partial charge in [0.25, 0.3) is 5.91 Å². The van der Waals surface area contributed by atoms with Gasteiger partial charge in [-0.3, -0.25) is 9.69 Å². The quantitative estimate of drug-likeness (QED) is 0.441. The van der Waals surface area contributed by atoms with E-state index < -0.39 is 12.2 Å². The molecule has 1 atom stereocenters. The van der Waals surface area contributed by atoms with E-state index in [1.807, 2.05) is 47.1 Å². The number of piperidine rings is 2. The van der Waals surface area contributed by atoms with Gasteiger partial charge in [-0.15, -0.1) is 0 Å². The number of aromatic nitrogens is 1. The number of nitrogen functional groups attached to an aromatic ring is 1. The Bertz CT molecular complexity index is 1370. The lowest BCUT2D eigenvalue weighted by Gasteiger charge is -2.41. The third-order valence-corrected chi connectivity index (χ3v) is 9.87. The monoisotopic (exact) mass is 634 g/mol. The van der Waals surface area contributed by atoms with Gasteiger partial charge in [-0.05, 0) is 74.9 Å². The highest BCUT2D eigenvalue weighted by atomic mass is 16.6. The molecule has 6 rings (SSSR count). The van der Waals surface area contributed by atoms with Crippen molar-refractivity contribution < 1.29 is 19.1 Å². The van der Waals surface area contributed by atoms with Crippen LogP contribution in [0.1, 0.15) is 49.8 Å². The van der Waals surface area contributed by atoms with Gasteiger partial charge >= 0.3 is 12.1 Å². The number of para-hydroxylation sites is 1. The van der Waals surface area contributed by atoms with Crippen molar-refractivity contribution in [3.63, 3.8) is 0 Å². The third-order valence-electron chi connectivity index (χ3n) is 9.87. The lowest BCUT2D eigenvalue weighted by atomic mass is 10.0. The smallest absolute Gasteiger partial charge is 0.410 e. The second-order valence-corrected chi connectivity index (χ2v) is 12.7. The van der Waals surface area contributed by atoms with E-state index in [-0.39, 0.29) is 31.8 Å². The second-order valence-electron chi connectivity index (χ2n) is 12.7. The van der Waals surface area contributed by atoms with E-state index in [4.69, 9.17) is 10.5 Å². The molecular weight excluding hydrogens is 584 g/mol. The molecule has 1 aromatic heterocycles. The van der Waals surface area contributed by atoms with Crippen molar-refractivity contribution in [3.05, 3.63) is 53.2 Å². The van der Waals surface area contributed by atoms with Crippen LogP contribution < -0.4 is 16.4 Å². The van der Waals surface area contributed by atoms with Gasteiger partial charge < -0.3 is 35.8 Å².